The standard InChI is InChI=1S/C15H13FNO3P.C3H9NO/c1-21(20)13-4-2-3-10(8-13)15(19)17-12-5-6-14(16)11(7-12)9-18;1-4-2-3-5/h2-8,18H,1,9H2,(H,17,19);4-5H,2-3H2,1H3. The van der Waals surface area contributed by atoms with E-state index in [1.807, 2.05) is 0 Å². The molecule has 2 rings (SSSR count). The largest absolute Gasteiger partial charge is 0.626 e. The molecule has 0 saturated heterocycles. The topological polar surface area (TPSA) is 105 Å². The van der Waals surface area contributed by atoms with Gasteiger partial charge in [0, 0.05) is 29.4 Å². The minimum atomic E-state index is -1.77. The van der Waals surface area contributed by atoms with Crippen molar-refractivity contribution in [3.05, 3.63) is 59.4 Å². The Labute approximate surface area is 152 Å². The van der Waals surface area contributed by atoms with Crippen LogP contribution in [0, 0.1) is 5.82 Å². The summed E-state index contributed by atoms with van der Waals surface area (Å²) < 4.78 is 13.3. The first kappa shape index (κ1) is 21.9. The van der Waals surface area contributed by atoms with Crippen LogP contribution in [0.1, 0.15) is 15.9 Å². The molecule has 140 valence electrons. The maximum atomic E-state index is 13.3. The summed E-state index contributed by atoms with van der Waals surface area (Å²) in [6.07, 6.45) is 3.43. The number of aliphatic hydroxyl groups excluding tert-OH is 2. The van der Waals surface area contributed by atoms with E-state index in [2.05, 4.69) is 16.9 Å². The highest BCUT2D eigenvalue weighted by Crippen LogP contribution is 2.16. The number of likely N-dealkylation sites (N-methyl/N-ethyl adjacent to an activating group) is 1. The number of hydrogen-bond acceptors (Lipinski definition) is 5. The van der Waals surface area contributed by atoms with Gasteiger partial charge in [0.15, 0.2) is 0 Å². The van der Waals surface area contributed by atoms with E-state index in [9.17, 15) is 14.1 Å². The first-order valence-electron chi connectivity index (χ1n) is 7.76. The van der Waals surface area contributed by atoms with E-state index in [4.69, 9.17) is 10.2 Å². The maximum Gasteiger partial charge on any atom is 0.255 e. The number of aliphatic hydroxyl groups is 2. The van der Waals surface area contributed by atoms with Gasteiger partial charge in [-0.3, -0.25) is 4.79 Å². The van der Waals surface area contributed by atoms with Crippen LogP contribution in [0.2, 0.25) is 0 Å². The molecule has 0 radical (unpaired) electrons. The van der Waals surface area contributed by atoms with Crippen LogP contribution in [0.4, 0.5) is 10.1 Å². The maximum absolute atomic E-state index is 13.3. The van der Waals surface area contributed by atoms with Gasteiger partial charge in [-0.1, -0.05) is 6.07 Å². The van der Waals surface area contributed by atoms with Crippen LogP contribution in [0.5, 0.6) is 0 Å². The van der Waals surface area contributed by atoms with Crippen LogP contribution < -0.4 is 20.8 Å². The van der Waals surface area contributed by atoms with Crippen LogP contribution in [0.3, 0.4) is 0 Å². The van der Waals surface area contributed by atoms with Crippen LogP contribution in [-0.2, 0) is 6.61 Å². The lowest BCUT2D eigenvalue weighted by Crippen LogP contribution is -2.15. The van der Waals surface area contributed by atoms with Gasteiger partial charge in [-0.15, -0.1) is 0 Å². The molecule has 0 heterocycles. The lowest BCUT2D eigenvalue weighted by Gasteiger charge is -2.08. The zero-order valence-electron chi connectivity index (χ0n) is 14.4. The highest BCUT2D eigenvalue weighted by Gasteiger charge is 2.10. The molecule has 0 aliphatic heterocycles. The number of amides is 1. The molecule has 26 heavy (non-hydrogen) atoms. The summed E-state index contributed by atoms with van der Waals surface area (Å²) in [4.78, 5) is 23.4. The number of benzene rings is 2. The van der Waals surface area contributed by atoms with Gasteiger partial charge in [-0.25, -0.2) is 4.39 Å². The molecule has 0 spiro atoms. The fourth-order valence-electron chi connectivity index (χ4n) is 1.89. The quantitative estimate of drug-likeness (QED) is 0.549. The third-order valence-electron chi connectivity index (χ3n) is 3.23. The molecular weight excluding hydrogens is 358 g/mol. The van der Waals surface area contributed by atoms with Gasteiger partial charge in [0.25, 0.3) is 5.91 Å². The summed E-state index contributed by atoms with van der Waals surface area (Å²) in [6, 6.07) is 10.3. The first-order chi connectivity index (χ1) is 12.4. The van der Waals surface area contributed by atoms with E-state index >= 15 is 0 Å². The Morgan fingerprint density at radius 2 is 2.00 bits per heavy atom. The molecule has 8 heteroatoms. The summed E-state index contributed by atoms with van der Waals surface area (Å²) in [5.41, 5.74) is 0.798. The van der Waals surface area contributed by atoms with Crippen LogP contribution in [-0.4, -0.2) is 42.6 Å². The molecule has 4 N–H and O–H groups in total. The molecule has 2 aromatic rings. The molecule has 0 aliphatic rings. The summed E-state index contributed by atoms with van der Waals surface area (Å²) in [7, 11) is 0.0312. The zero-order valence-corrected chi connectivity index (χ0v) is 15.3. The lowest BCUT2D eigenvalue weighted by atomic mass is 10.1. The summed E-state index contributed by atoms with van der Waals surface area (Å²) in [5, 5.41) is 22.8. The van der Waals surface area contributed by atoms with Crippen molar-refractivity contribution in [2.75, 3.05) is 25.5 Å². The second kappa shape index (κ2) is 11.5. The molecule has 0 aromatic heterocycles. The van der Waals surface area contributed by atoms with E-state index in [-0.39, 0.29) is 12.2 Å². The van der Waals surface area contributed by atoms with Crippen molar-refractivity contribution in [1.82, 2.24) is 5.32 Å². The summed E-state index contributed by atoms with van der Waals surface area (Å²) in [6.45, 7) is 0.476. The highest BCUT2D eigenvalue weighted by molar-refractivity contribution is 7.56. The first-order valence-corrected chi connectivity index (χ1v) is 9.21. The number of hydrogen-bond donors (Lipinski definition) is 4. The van der Waals surface area contributed by atoms with Crippen LogP contribution in [0.25, 0.3) is 0 Å². The van der Waals surface area contributed by atoms with E-state index in [0.29, 0.717) is 23.1 Å². The Morgan fingerprint density at radius 1 is 1.27 bits per heavy atom. The number of rotatable bonds is 6. The van der Waals surface area contributed by atoms with Crippen molar-refractivity contribution < 1.29 is 24.3 Å². The van der Waals surface area contributed by atoms with E-state index in [0.717, 1.165) is 0 Å². The molecule has 0 fully saturated rings. The van der Waals surface area contributed by atoms with Crippen molar-refractivity contribution in [2.45, 2.75) is 6.61 Å². The van der Waals surface area contributed by atoms with Gasteiger partial charge < -0.3 is 25.7 Å². The molecule has 1 unspecified atom stereocenters. The molecule has 0 aliphatic carbocycles. The third-order valence-corrected chi connectivity index (χ3v) is 4.09. The zero-order chi connectivity index (χ0) is 19.5. The fourth-order valence-corrected chi connectivity index (χ4v) is 2.43. The monoisotopic (exact) mass is 380 g/mol. The van der Waals surface area contributed by atoms with E-state index in [1.165, 1.54) is 24.3 Å². The number of carbonyl (C=O) groups excluding carboxylic acids is 1. The Balaban J connectivity index is 0.000000597. The van der Waals surface area contributed by atoms with Gasteiger partial charge in [0.2, 0.25) is 0 Å². The highest BCUT2D eigenvalue weighted by atomic mass is 31.1. The normalized spacial score (nSPS) is 10.6. The van der Waals surface area contributed by atoms with Gasteiger partial charge in [-0.05, 0) is 37.4 Å². The molecule has 0 bridgehead atoms. The van der Waals surface area contributed by atoms with Gasteiger partial charge >= 0.3 is 0 Å². The molecule has 0 saturated carbocycles. The van der Waals surface area contributed by atoms with Crippen molar-refractivity contribution in [3.8, 4) is 0 Å². The Hall–Kier alpha value is -2.15. The van der Waals surface area contributed by atoms with Gasteiger partial charge in [0.1, 0.15) is 11.1 Å². The molecule has 1 amide bonds. The SMILES string of the molecule is C=[P+]([O-])c1cccc(C(=O)Nc2ccc(F)c(CO)c2)c1.CNCCO. The molecule has 6 nitrogen and oxygen atoms in total. The predicted molar refractivity (Wildman–Crippen MR) is 101 cm³/mol. The Kier molecular flexibility index (Phi) is 9.65. The number of carbonyl (C=O) groups is 1. The van der Waals surface area contributed by atoms with Crippen molar-refractivity contribution in [3.63, 3.8) is 0 Å². The van der Waals surface area contributed by atoms with Crippen LogP contribution in [0.15, 0.2) is 42.5 Å². The van der Waals surface area contributed by atoms with Gasteiger partial charge in [0.05, 0.1) is 27.3 Å². The van der Waals surface area contributed by atoms with Gasteiger partial charge in [-0.2, -0.15) is 0 Å². The van der Waals surface area contributed by atoms with E-state index < -0.39 is 26.1 Å². The second-order valence-electron chi connectivity index (χ2n) is 5.17. The smallest absolute Gasteiger partial charge is 0.255 e. The van der Waals surface area contributed by atoms with E-state index in [1.54, 1.807) is 25.2 Å². The van der Waals surface area contributed by atoms with Crippen molar-refractivity contribution >= 4 is 31.0 Å². The fraction of sp³-hybridized carbons (Fsp3) is 0.222. The average molecular weight is 380 g/mol. The average Bonchev–Trinajstić information content (AvgIpc) is 2.64. The summed E-state index contributed by atoms with van der Waals surface area (Å²) in [5.74, 6) is -0.948. The minimum Gasteiger partial charge on any atom is -0.626 e. The van der Waals surface area contributed by atoms with Crippen molar-refractivity contribution in [1.29, 1.82) is 0 Å². The summed E-state index contributed by atoms with van der Waals surface area (Å²) >= 11 is 0. The van der Waals surface area contributed by atoms with Crippen LogP contribution >= 0.6 is 7.77 Å². The second-order valence-corrected chi connectivity index (χ2v) is 6.45. The van der Waals surface area contributed by atoms with Crippen molar-refractivity contribution in [2.24, 2.45) is 0 Å². The predicted octanol–water partition coefficient (Wildman–Crippen LogP) is 0.583. The lowest BCUT2D eigenvalue weighted by molar-refractivity contribution is -0.149. The molecule has 1 atom stereocenters. The Morgan fingerprint density at radius 3 is 2.54 bits per heavy atom. The number of nitrogens with one attached hydrogen (secondary N) is 2. The molecular formula is C18H22FN2O4P. The number of halogens is 1. The molecule has 2 aromatic carbocycles. The Bertz CT molecular complexity index is 754. The minimum absolute atomic E-state index is 0.0994. The third kappa shape index (κ3) is 7.00. The number of anilines is 1.